The molecule has 2 rings (SSSR count). The molecule has 18 heavy (non-hydrogen) atoms. The van der Waals surface area contributed by atoms with Gasteiger partial charge in [0.25, 0.3) is 0 Å². The second kappa shape index (κ2) is 8.94. The zero-order valence-corrected chi connectivity index (χ0v) is 9.58. The minimum absolute atomic E-state index is 0. The molecule has 0 saturated carbocycles. The van der Waals surface area contributed by atoms with E-state index in [0.717, 1.165) is 0 Å². The molecule has 2 aromatic rings. The predicted octanol–water partition coefficient (Wildman–Crippen LogP) is 1.05. The molecule has 0 bridgehead atoms. The normalized spacial score (nSPS) is 9.11. The van der Waals surface area contributed by atoms with Gasteiger partial charge in [0.05, 0.1) is 0 Å². The van der Waals surface area contributed by atoms with Gasteiger partial charge in [-0.25, -0.2) is 0 Å². The van der Waals surface area contributed by atoms with Gasteiger partial charge in [-0.2, -0.15) is 0 Å². The standard InChI is InChI=1S/C12H12B2O3.Rb.H/c13-17-14(15-11-7-3-1-4-8-11)16-12-9-5-2-6-10-12;;/h1-10H,13H2;;. The van der Waals surface area contributed by atoms with Crippen LogP contribution in [-0.4, -0.2) is 73.6 Å². The summed E-state index contributed by atoms with van der Waals surface area (Å²) in [6.07, 6.45) is 0. The molecule has 6 heteroatoms. The van der Waals surface area contributed by atoms with Gasteiger partial charge >= 0.3 is 65.5 Å². The molecule has 0 spiro atoms. The van der Waals surface area contributed by atoms with Crippen LogP contribution in [0.2, 0.25) is 0 Å². The fourth-order valence-corrected chi connectivity index (χ4v) is 1.34. The molecule has 3 nitrogen and oxygen atoms in total. The van der Waals surface area contributed by atoms with Gasteiger partial charge in [-0.15, -0.1) is 0 Å². The zero-order valence-electron chi connectivity index (χ0n) is 9.58. The number of rotatable bonds is 5. The van der Waals surface area contributed by atoms with E-state index in [1.54, 1.807) is 0 Å². The minimum atomic E-state index is -0.750. The monoisotopic (exact) mass is 312 g/mol. The van der Waals surface area contributed by atoms with Crippen LogP contribution in [0.4, 0.5) is 0 Å². The summed E-state index contributed by atoms with van der Waals surface area (Å²) in [5, 5.41) is 0. The molecule has 0 unspecified atom stereocenters. The zero-order chi connectivity index (χ0) is 11.9. The van der Waals surface area contributed by atoms with Crippen LogP contribution in [-0.2, 0) is 4.57 Å². The van der Waals surface area contributed by atoms with Crippen molar-refractivity contribution in [3.63, 3.8) is 0 Å². The van der Waals surface area contributed by atoms with Crippen LogP contribution in [0.15, 0.2) is 60.7 Å². The summed E-state index contributed by atoms with van der Waals surface area (Å²) < 4.78 is 16.2. The van der Waals surface area contributed by atoms with E-state index < -0.39 is 7.32 Å². The van der Waals surface area contributed by atoms with Crippen molar-refractivity contribution in [2.45, 2.75) is 0 Å². The first-order chi connectivity index (χ1) is 8.38. The summed E-state index contributed by atoms with van der Waals surface area (Å²) in [5.74, 6) is 1.41. The maximum atomic E-state index is 5.52. The van der Waals surface area contributed by atoms with Crippen LogP contribution in [0.1, 0.15) is 0 Å². The van der Waals surface area contributed by atoms with Crippen molar-refractivity contribution in [2.24, 2.45) is 0 Å². The molecule has 0 atom stereocenters. The Balaban J connectivity index is 0.00000162. The third-order valence-corrected chi connectivity index (χ3v) is 2.14. The molecule has 0 aliphatic rings. The second-order valence-corrected chi connectivity index (χ2v) is 3.39. The fraction of sp³-hybridized carbons (Fsp3) is 0. The molecule has 2 aromatic carbocycles. The first-order valence-corrected chi connectivity index (χ1v) is 5.34. The van der Waals surface area contributed by atoms with Crippen molar-refractivity contribution in [1.29, 1.82) is 0 Å². The Morgan fingerprint density at radius 2 is 1.11 bits per heavy atom. The third-order valence-electron chi connectivity index (χ3n) is 2.14. The molecule has 0 saturated heterocycles. The van der Waals surface area contributed by atoms with E-state index in [0.29, 0.717) is 11.5 Å². The van der Waals surface area contributed by atoms with Gasteiger partial charge in [0.2, 0.25) is 8.05 Å². The van der Waals surface area contributed by atoms with Crippen LogP contribution in [0.3, 0.4) is 0 Å². The average molecular weight is 312 g/mol. The first-order valence-electron chi connectivity index (χ1n) is 5.34. The number of hydrogen-bond donors (Lipinski definition) is 0. The summed E-state index contributed by atoms with van der Waals surface area (Å²) in [4.78, 5) is 0. The molecular formula is C12H13B2O3Rb. The predicted molar refractivity (Wildman–Crippen MR) is 76.7 cm³/mol. The average Bonchev–Trinajstić information content (AvgIpc) is 2.40. The van der Waals surface area contributed by atoms with Crippen LogP contribution in [0, 0.1) is 0 Å². The second-order valence-electron chi connectivity index (χ2n) is 3.39. The molecule has 0 N–H and O–H groups in total. The summed E-state index contributed by atoms with van der Waals surface area (Å²) in [5.41, 5.74) is 0. The molecule has 0 radical (unpaired) electrons. The molecule has 0 fully saturated rings. The maximum absolute atomic E-state index is 5.52. The topological polar surface area (TPSA) is 27.7 Å². The summed E-state index contributed by atoms with van der Waals surface area (Å²) >= 11 is 0. The van der Waals surface area contributed by atoms with E-state index in [-0.39, 0.29) is 58.2 Å². The molecule has 0 heterocycles. The fourth-order valence-electron chi connectivity index (χ4n) is 1.34. The van der Waals surface area contributed by atoms with E-state index >= 15 is 0 Å². The van der Waals surface area contributed by atoms with Gasteiger partial charge in [-0.05, 0) is 24.3 Å². The quantitative estimate of drug-likeness (QED) is 0.772. The van der Waals surface area contributed by atoms with Gasteiger partial charge in [-0.1, -0.05) is 36.4 Å². The summed E-state index contributed by atoms with van der Waals surface area (Å²) in [6.45, 7) is 0. The van der Waals surface area contributed by atoms with Crippen molar-refractivity contribution in [3.05, 3.63) is 60.7 Å². The molecule has 0 aromatic heterocycles. The van der Waals surface area contributed by atoms with Crippen molar-refractivity contribution in [3.8, 4) is 11.5 Å². The van der Waals surface area contributed by atoms with Crippen LogP contribution >= 0.6 is 0 Å². The Bertz CT molecular complexity index is 400. The van der Waals surface area contributed by atoms with Gasteiger partial charge in [-0.3, -0.25) is 0 Å². The van der Waals surface area contributed by atoms with E-state index in [9.17, 15) is 0 Å². The van der Waals surface area contributed by atoms with Crippen LogP contribution in [0.25, 0.3) is 0 Å². The van der Waals surface area contributed by atoms with Gasteiger partial charge in [0, 0.05) is 0 Å². The Hall–Kier alpha value is -0.0649. The van der Waals surface area contributed by atoms with E-state index in [4.69, 9.17) is 13.9 Å². The molecule has 0 amide bonds. The first kappa shape index (κ1) is 16.0. The van der Waals surface area contributed by atoms with Crippen LogP contribution in [0.5, 0.6) is 11.5 Å². The van der Waals surface area contributed by atoms with E-state index in [2.05, 4.69) is 0 Å². The van der Waals surface area contributed by atoms with Gasteiger partial charge in [0.15, 0.2) is 0 Å². The van der Waals surface area contributed by atoms with Crippen LogP contribution < -0.4 is 9.31 Å². The number of para-hydroxylation sites is 2. The SMILES string of the molecule is BOB(Oc1ccccc1)Oc1ccccc1.[RbH]. The number of hydrogen-bond acceptors (Lipinski definition) is 3. The Labute approximate surface area is 157 Å². The molecular weight excluding hydrogens is 299 g/mol. The summed E-state index contributed by atoms with van der Waals surface area (Å²) in [7, 11) is 0.788. The molecule has 0 aliphatic heterocycles. The van der Waals surface area contributed by atoms with E-state index in [1.807, 2.05) is 60.7 Å². The van der Waals surface area contributed by atoms with Crippen molar-refractivity contribution < 1.29 is 13.9 Å². The molecule has 0 aliphatic carbocycles. The Morgan fingerprint density at radius 3 is 1.44 bits per heavy atom. The Morgan fingerprint density at radius 1 is 0.722 bits per heavy atom. The third kappa shape index (κ3) is 5.28. The summed E-state index contributed by atoms with van der Waals surface area (Å²) in [6, 6.07) is 18.8. The number of benzene rings is 2. The van der Waals surface area contributed by atoms with E-state index in [1.165, 1.54) is 8.05 Å². The van der Waals surface area contributed by atoms with Gasteiger partial charge < -0.3 is 13.9 Å². The van der Waals surface area contributed by atoms with Crippen molar-refractivity contribution in [1.82, 2.24) is 0 Å². The van der Waals surface area contributed by atoms with Gasteiger partial charge in [0.1, 0.15) is 11.5 Å². The molecule has 86 valence electrons. The van der Waals surface area contributed by atoms with Crippen molar-refractivity contribution >= 4 is 73.6 Å². The Kier molecular flexibility index (Phi) is 7.94. The van der Waals surface area contributed by atoms with Crippen molar-refractivity contribution in [2.75, 3.05) is 0 Å².